The highest BCUT2D eigenvalue weighted by Gasteiger charge is 2.14. The minimum atomic E-state index is -3.04. The molecule has 0 aliphatic heterocycles. The molecule has 3 aromatic rings. The fraction of sp³-hybridized carbons (Fsp3) is 0.286. The summed E-state index contributed by atoms with van der Waals surface area (Å²) in [5.74, 6) is -0.621. The first kappa shape index (κ1) is 23.4. The second-order valence-corrected chi connectivity index (χ2v) is 7.08. The molecule has 0 bridgehead atoms. The number of ether oxygens (including phenoxy) is 3. The normalized spacial score (nSPS) is 11.0. The average molecular weight is 465 g/mol. The number of halogens is 2. The van der Waals surface area contributed by atoms with Crippen LogP contribution < -0.4 is 20.3 Å². The van der Waals surface area contributed by atoms with Crippen LogP contribution in [0.4, 0.5) is 14.5 Å². The number of rotatable bonds is 9. The van der Waals surface area contributed by atoms with Crippen LogP contribution in [0.3, 0.4) is 0 Å². The SMILES string of the molecule is COCCCn1c(=S)[nH]c2cc(C(=O)Nc3ccc(OC)c(OC(F)F)c3)ccc2c1=O. The maximum absolute atomic E-state index is 12.7. The van der Waals surface area contributed by atoms with E-state index in [0.29, 0.717) is 30.5 Å². The minimum Gasteiger partial charge on any atom is -0.493 e. The molecule has 32 heavy (non-hydrogen) atoms. The Morgan fingerprint density at radius 1 is 1.19 bits per heavy atom. The Balaban J connectivity index is 1.87. The molecule has 8 nitrogen and oxygen atoms in total. The van der Waals surface area contributed by atoms with Crippen LogP contribution in [0.5, 0.6) is 11.5 Å². The number of fused-ring (bicyclic) bond motifs is 1. The number of benzene rings is 2. The molecular formula is C21H21F2N3O5S. The van der Waals surface area contributed by atoms with Gasteiger partial charge in [0.15, 0.2) is 16.3 Å². The van der Waals surface area contributed by atoms with Crippen LogP contribution in [0.15, 0.2) is 41.2 Å². The number of nitrogens with zero attached hydrogens (tertiary/aromatic N) is 1. The lowest BCUT2D eigenvalue weighted by atomic mass is 10.1. The number of anilines is 1. The molecule has 2 aromatic carbocycles. The molecule has 0 unspecified atom stereocenters. The summed E-state index contributed by atoms with van der Waals surface area (Å²) in [5.41, 5.74) is 0.614. The number of aromatic nitrogens is 2. The van der Waals surface area contributed by atoms with Crippen LogP contribution in [0, 0.1) is 4.77 Å². The highest BCUT2D eigenvalue weighted by molar-refractivity contribution is 7.71. The Kier molecular flexibility index (Phi) is 7.54. The molecule has 1 heterocycles. The first-order valence-electron chi connectivity index (χ1n) is 9.54. The number of amides is 1. The average Bonchev–Trinajstić information content (AvgIpc) is 2.75. The standard InChI is InChI=1S/C21H21F2N3O5S/c1-29-9-3-8-26-19(28)14-6-4-12(10-15(14)25-21(26)32)18(27)24-13-5-7-16(30-2)17(11-13)31-20(22)23/h4-7,10-11,20H,3,8-9H2,1-2H3,(H,24,27)(H,25,32). The van der Waals surface area contributed by atoms with Gasteiger partial charge in [0.05, 0.1) is 18.0 Å². The van der Waals surface area contributed by atoms with Gasteiger partial charge in [-0.1, -0.05) is 0 Å². The third kappa shape index (κ3) is 5.29. The topological polar surface area (TPSA) is 94.6 Å². The monoisotopic (exact) mass is 465 g/mol. The zero-order valence-electron chi connectivity index (χ0n) is 17.3. The summed E-state index contributed by atoms with van der Waals surface area (Å²) in [5, 5.41) is 2.99. The van der Waals surface area contributed by atoms with Gasteiger partial charge in [-0.3, -0.25) is 14.2 Å². The number of methoxy groups -OCH3 is 2. The molecule has 1 amide bonds. The van der Waals surface area contributed by atoms with E-state index in [-0.39, 0.29) is 33.1 Å². The fourth-order valence-corrected chi connectivity index (χ4v) is 3.40. The Morgan fingerprint density at radius 2 is 1.97 bits per heavy atom. The molecule has 0 saturated carbocycles. The molecule has 2 N–H and O–H groups in total. The summed E-state index contributed by atoms with van der Waals surface area (Å²) in [6.07, 6.45) is 0.624. The van der Waals surface area contributed by atoms with Gasteiger partial charge in [0.2, 0.25) is 0 Å². The molecular weight excluding hydrogens is 444 g/mol. The van der Waals surface area contributed by atoms with Crippen molar-refractivity contribution in [2.75, 3.05) is 26.1 Å². The number of carbonyl (C=O) groups is 1. The van der Waals surface area contributed by atoms with E-state index in [4.69, 9.17) is 21.7 Å². The first-order chi connectivity index (χ1) is 15.3. The molecule has 0 atom stereocenters. The van der Waals surface area contributed by atoms with E-state index in [1.54, 1.807) is 7.11 Å². The van der Waals surface area contributed by atoms with Crippen molar-refractivity contribution in [1.29, 1.82) is 0 Å². The molecule has 0 saturated heterocycles. The Hall–Kier alpha value is -3.31. The number of nitrogens with one attached hydrogen (secondary N) is 2. The molecule has 0 fully saturated rings. The Labute approximate surface area is 186 Å². The van der Waals surface area contributed by atoms with Crippen molar-refractivity contribution in [1.82, 2.24) is 9.55 Å². The smallest absolute Gasteiger partial charge is 0.387 e. The van der Waals surface area contributed by atoms with Gasteiger partial charge in [0.1, 0.15) is 0 Å². The second-order valence-electron chi connectivity index (χ2n) is 6.69. The van der Waals surface area contributed by atoms with Gasteiger partial charge in [0.25, 0.3) is 11.5 Å². The molecule has 0 spiro atoms. The molecule has 1 aromatic heterocycles. The van der Waals surface area contributed by atoms with Crippen molar-refractivity contribution in [2.24, 2.45) is 0 Å². The Morgan fingerprint density at radius 3 is 2.66 bits per heavy atom. The number of aromatic amines is 1. The van der Waals surface area contributed by atoms with Crippen molar-refractivity contribution in [3.8, 4) is 11.5 Å². The summed E-state index contributed by atoms with van der Waals surface area (Å²) in [6.45, 7) is -2.15. The number of alkyl halides is 2. The predicted octanol–water partition coefficient (Wildman–Crippen LogP) is 3.96. The van der Waals surface area contributed by atoms with Gasteiger partial charge in [-0.2, -0.15) is 8.78 Å². The number of H-pyrrole nitrogens is 1. The maximum Gasteiger partial charge on any atom is 0.387 e. The van der Waals surface area contributed by atoms with Crippen molar-refractivity contribution in [3.05, 3.63) is 57.1 Å². The van der Waals surface area contributed by atoms with E-state index < -0.39 is 12.5 Å². The quantitative estimate of drug-likeness (QED) is 0.367. The number of hydrogen-bond acceptors (Lipinski definition) is 6. The molecule has 3 rings (SSSR count). The van der Waals surface area contributed by atoms with E-state index >= 15 is 0 Å². The van der Waals surface area contributed by atoms with Crippen molar-refractivity contribution in [2.45, 2.75) is 19.6 Å². The second kappa shape index (κ2) is 10.3. The third-order valence-corrected chi connectivity index (χ3v) is 4.93. The van der Waals surface area contributed by atoms with Gasteiger partial charge in [-0.25, -0.2) is 0 Å². The van der Waals surface area contributed by atoms with Crippen LogP contribution in [0.2, 0.25) is 0 Å². The van der Waals surface area contributed by atoms with Crippen LogP contribution >= 0.6 is 12.2 Å². The van der Waals surface area contributed by atoms with E-state index in [0.717, 1.165) is 0 Å². The van der Waals surface area contributed by atoms with Crippen LogP contribution in [-0.2, 0) is 11.3 Å². The summed E-state index contributed by atoms with van der Waals surface area (Å²) >= 11 is 5.28. The Bertz CT molecular complexity index is 1240. The van der Waals surface area contributed by atoms with Gasteiger partial charge in [-0.05, 0) is 49.0 Å². The summed E-state index contributed by atoms with van der Waals surface area (Å²) < 4.78 is 41.3. The fourth-order valence-electron chi connectivity index (χ4n) is 3.11. The summed E-state index contributed by atoms with van der Waals surface area (Å²) in [4.78, 5) is 28.4. The highest BCUT2D eigenvalue weighted by atomic mass is 32.1. The summed E-state index contributed by atoms with van der Waals surface area (Å²) in [6, 6.07) is 8.65. The van der Waals surface area contributed by atoms with Gasteiger partial charge in [-0.15, -0.1) is 0 Å². The first-order valence-corrected chi connectivity index (χ1v) is 9.95. The lowest BCUT2D eigenvalue weighted by molar-refractivity contribution is -0.0511. The molecule has 170 valence electrons. The van der Waals surface area contributed by atoms with Crippen LogP contribution in [0.25, 0.3) is 10.9 Å². The van der Waals surface area contributed by atoms with E-state index in [1.807, 2.05) is 0 Å². The predicted molar refractivity (Wildman–Crippen MR) is 117 cm³/mol. The van der Waals surface area contributed by atoms with E-state index in [1.165, 1.54) is 48.1 Å². The van der Waals surface area contributed by atoms with E-state index in [2.05, 4.69) is 15.0 Å². The number of hydrogen-bond donors (Lipinski definition) is 2. The van der Waals surface area contributed by atoms with Crippen LogP contribution in [-0.4, -0.2) is 42.9 Å². The zero-order chi connectivity index (χ0) is 23.3. The number of carbonyl (C=O) groups excluding carboxylic acids is 1. The molecule has 11 heteroatoms. The minimum absolute atomic E-state index is 0.100. The maximum atomic E-state index is 12.7. The van der Waals surface area contributed by atoms with Gasteiger partial charge >= 0.3 is 6.61 Å². The van der Waals surface area contributed by atoms with Crippen molar-refractivity contribution >= 4 is 34.7 Å². The van der Waals surface area contributed by atoms with E-state index in [9.17, 15) is 18.4 Å². The third-order valence-electron chi connectivity index (χ3n) is 4.61. The van der Waals surface area contributed by atoms with Gasteiger partial charge in [0, 0.05) is 37.6 Å². The lowest BCUT2D eigenvalue weighted by Crippen LogP contribution is -2.23. The molecule has 0 aliphatic carbocycles. The zero-order valence-corrected chi connectivity index (χ0v) is 18.1. The van der Waals surface area contributed by atoms with Crippen LogP contribution in [0.1, 0.15) is 16.8 Å². The van der Waals surface area contributed by atoms with Gasteiger partial charge < -0.3 is 24.5 Å². The summed E-state index contributed by atoms with van der Waals surface area (Å²) in [7, 11) is 2.89. The lowest BCUT2D eigenvalue weighted by Gasteiger charge is -2.12. The highest BCUT2D eigenvalue weighted by Crippen LogP contribution is 2.31. The largest absolute Gasteiger partial charge is 0.493 e. The molecule has 0 radical (unpaired) electrons. The molecule has 0 aliphatic rings. The van der Waals surface area contributed by atoms with Crippen molar-refractivity contribution in [3.63, 3.8) is 0 Å². The van der Waals surface area contributed by atoms with Crippen molar-refractivity contribution < 1.29 is 27.8 Å².